The van der Waals surface area contributed by atoms with Crippen LogP contribution < -0.4 is 4.72 Å². The van der Waals surface area contributed by atoms with Crippen molar-refractivity contribution in [3.63, 3.8) is 0 Å². The van der Waals surface area contributed by atoms with Crippen molar-refractivity contribution in [1.82, 2.24) is 4.72 Å². The molecule has 0 aromatic heterocycles. The molecule has 1 rings (SSSR count). The SMILES string of the molecule is C[C@@](O)(CNS(C)(=O)=O)c1ccccc1. The van der Waals surface area contributed by atoms with Gasteiger partial charge < -0.3 is 5.11 Å². The summed E-state index contributed by atoms with van der Waals surface area (Å²) in [7, 11) is -3.28. The number of rotatable bonds is 4. The van der Waals surface area contributed by atoms with Gasteiger partial charge in [0.15, 0.2) is 0 Å². The van der Waals surface area contributed by atoms with E-state index in [0.717, 1.165) is 6.26 Å². The predicted molar refractivity (Wildman–Crippen MR) is 58.9 cm³/mol. The molecule has 1 aromatic rings. The number of hydrogen-bond donors (Lipinski definition) is 2. The molecular formula is C10H15NO3S. The average Bonchev–Trinajstić information content (AvgIpc) is 2.16. The molecule has 0 aliphatic rings. The van der Waals surface area contributed by atoms with Crippen molar-refractivity contribution in [2.75, 3.05) is 12.8 Å². The Kier molecular flexibility index (Phi) is 3.49. The van der Waals surface area contributed by atoms with E-state index >= 15 is 0 Å². The van der Waals surface area contributed by atoms with Gasteiger partial charge in [-0.3, -0.25) is 0 Å². The average molecular weight is 229 g/mol. The van der Waals surface area contributed by atoms with Crippen LogP contribution in [0.1, 0.15) is 12.5 Å². The summed E-state index contributed by atoms with van der Waals surface area (Å²) in [5.41, 5.74) is -0.509. The molecule has 0 fully saturated rings. The van der Waals surface area contributed by atoms with Gasteiger partial charge >= 0.3 is 0 Å². The second-order valence-electron chi connectivity index (χ2n) is 3.73. The van der Waals surface area contributed by atoms with Crippen LogP contribution in [0.15, 0.2) is 30.3 Å². The van der Waals surface area contributed by atoms with Crippen LogP contribution in [0.25, 0.3) is 0 Å². The van der Waals surface area contributed by atoms with E-state index in [0.29, 0.717) is 5.56 Å². The van der Waals surface area contributed by atoms with Crippen LogP contribution in [-0.2, 0) is 15.6 Å². The molecule has 1 aromatic carbocycles. The van der Waals surface area contributed by atoms with Gasteiger partial charge in [0, 0.05) is 6.54 Å². The van der Waals surface area contributed by atoms with E-state index in [1.807, 2.05) is 6.07 Å². The summed E-state index contributed by atoms with van der Waals surface area (Å²) in [6, 6.07) is 8.94. The van der Waals surface area contributed by atoms with Crippen LogP contribution in [0.2, 0.25) is 0 Å². The first kappa shape index (κ1) is 12.2. The summed E-state index contributed by atoms with van der Waals surface area (Å²) >= 11 is 0. The van der Waals surface area contributed by atoms with Crippen LogP contribution in [0, 0.1) is 0 Å². The van der Waals surface area contributed by atoms with E-state index in [-0.39, 0.29) is 6.54 Å². The summed E-state index contributed by atoms with van der Waals surface area (Å²) in [6.45, 7) is 1.54. The third-order valence-electron chi connectivity index (χ3n) is 2.07. The van der Waals surface area contributed by atoms with Crippen LogP contribution in [-0.4, -0.2) is 26.3 Å². The maximum Gasteiger partial charge on any atom is 0.208 e. The van der Waals surface area contributed by atoms with Crippen molar-refractivity contribution in [2.24, 2.45) is 0 Å². The lowest BCUT2D eigenvalue weighted by Gasteiger charge is -2.23. The first-order valence-electron chi connectivity index (χ1n) is 4.54. The van der Waals surface area contributed by atoms with Crippen LogP contribution >= 0.6 is 0 Å². The third-order valence-corrected chi connectivity index (χ3v) is 2.74. The van der Waals surface area contributed by atoms with Gasteiger partial charge in [0.2, 0.25) is 10.0 Å². The van der Waals surface area contributed by atoms with Crippen molar-refractivity contribution >= 4 is 10.0 Å². The van der Waals surface area contributed by atoms with Gasteiger partial charge in [0.1, 0.15) is 5.60 Å². The van der Waals surface area contributed by atoms with E-state index in [2.05, 4.69) is 4.72 Å². The van der Waals surface area contributed by atoms with Crippen molar-refractivity contribution in [3.8, 4) is 0 Å². The normalized spacial score (nSPS) is 15.9. The summed E-state index contributed by atoms with van der Waals surface area (Å²) in [4.78, 5) is 0. The second kappa shape index (κ2) is 4.30. The number of nitrogens with one attached hydrogen (secondary N) is 1. The Labute approximate surface area is 90.0 Å². The zero-order valence-electron chi connectivity index (χ0n) is 8.77. The first-order chi connectivity index (χ1) is 6.81. The molecule has 0 heterocycles. The van der Waals surface area contributed by atoms with E-state index in [1.165, 1.54) is 0 Å². The fourth-order valence-electron chi connectivity index (χ4n) is 1.17. The topological polar surface area (TPSA) is 66.4 Å². The third kappa shape index (κ3) is 3.99. The molecule has 0 aliphatic heterocycles. The lowest BCUT2D eigenvalue weighted by atomic mass is 9.97. The smallest absolute Gasteiger partial charge is 0.208 e. The highest BCUT2D eigenvalue weighted by Gasteiger charge is 2.23. The zero-order valence-corrected chi connectivity index (χ0v) is 9.58. The molecule has 0 saturated heterocycles. The summed E-state index contributed by atoms with van der Waals surface area (Å²) in [5, 5.41) is 10.0. The van der Waals surface area contributed by atoms with Gasteiger partial charge in [-0.25, -0.2) is 13.1 Å². The number of hydrogen-bond acceptors (Lipinski definition) is 3. The molecule has 0 spiro atoms. The number of aliphatic hydroxyl groups is 1. The van der Waals surface area contributed by atoms with Crippen molar-refractivity contribution in [3.05, 3.63) is 35.9 Å². The van der Waals surface area contributed by atoms with E-state index in [4.69, 9.17) is 0 Å². The van der Waals surface area contributed by atoms with E-state index in [1.54, 1.807) is 31.2 Å². The quantitative estimate of drug-likeness (QED) is 0.787. The molecular weight excluding hydrogens is 214 g/mol. The molecule has 1 atom stereocenters. The van der Waals surface area contributed by atoms with Crippen LogP contribution in [0.3, 0.4) is 0 Å². The number of benzene rings is 1. The van der Waals surface area contributed by atoms with Gasteiger partial charge in [-0.2, -0.15) is 0 Å². The summed E-state index contributed by atoms with van der Waals surface area (Å²) < 4.78 is 24.1. The molecule has 0 saturated carbocycles. The molecule has 84 valence electrons. The van der Waals surface area contributed by atoms with Crippen molar-refractivity contribution in [1.29, 1.82) is 0 Å². The molecule has 2 N–H and O–H groups in total. The molecule has 0 radical (unpaired) electrons. The van der Waals surface area contributed by atoms with Crippen LogP contribution in [0.5, 0.6) is 0 Å². The minimum atomic E-state index is -3.28. The minimum absolute atomic E-state index is 0.0319. The summed E-state index contributed by atoms with van der Waals surface area (Å²) in [5.74, 6) is 0. The van der Waals surface area contributed by atoms with Gasteiger partial charge in [-0.15, -0.1) is 0 Å². The van der Waals surface area contributed by atoms with Crippen molar-refractivity contribution < 1.29 is 13.5 Å². The molecule has 0 unspecified atom stereocenters. The molecule has 4 nitrogen and oxygen atoms in total. The molecule has 0 bridgehead atoms. The lowest BCUT2D eigenvalue weighted by molar-refractivity contribution is 0.0628. The number of sulfonamides is 1. The Morgan fingerprint density at radius 2 is 1.87 bits per heavy atom. The fraction of sp³-hybridized carbons (Fsp3) is 0.400. The Morgan fingerprint density at radius 1 is 1.33 bits per heavy atom. The Morgan fingerprint density at radius 3 is 2.33 bits per heavy atom. The van der Waals surface area contributed by atoms with Gasteiger partial charge in [-0.1, -0.05) is 30.3 Å². The second-order valence-corrected chi connectivity index (χ2v) is 5.57. The zero-order chi connectivity index (χ0) is 11.5. The lowest BCUT2D eigenvalue weighted by Crippen LogP contribution is -2.38. The monoisotopic (exact) mass is 229 g/mol. The van der Waals surface area contributed by atoms with E-state index in [9.17, 15) is 13.5 Å². The van der Waals surface area contributed by atoms with Gasteiger partial charge in [-0.05, 0) is 12.5 Å². The highest BCUT2D eigenvalue weighted by atomic mass is 32.2. The largest absolute Gasteiger partial charge is 0.384 e. The molecule has 0 amide bonds. The predicted octanol–water partition coefficient (Wildman–Crippen LogP) is 0.443. The molecule has 0 aliphatic carbocycles. The van der Waals surface area contributed by atoms with Gasteiger partial charge in [0.25, 0.3) is 0 Å². The van der Waals surface area contributed by atoms with Crippen LogP contribution in [0.4, 0.5) is 0 Å². The standard InChI is InChI=1S/C10H15NO3S/c1-10(12,8-11-15(2,13)14)9-6-4-3-5-7-9/h3-7,11-12H,8H2,1-2H3/t10-/m1/s1. The fourth-order valence-corrected chi connectivity index (χ4v) is 1.71. The summed E-state index contributed by atoms with van der Waals surface area (Å²) in [6.07, 6.45) is 1.06. The van der Waals surface area contributed by atoms with Gasteiger partial charge in [0.05, 0.1) is 6.26 Å². The first-order valence-corrected chi connectivity index (χ1v) is 6.43. The maximum absolute atomic E-state index is 10.9. The Hall–Kier alpha value is -0.910. The minimum Gasteiger partial charge on any atom is -0.384 e. The molecule has 15 heavy (non-hydrogen) atoms. The molecule has 5 heteroatoms. The highest BCUT2D eigenvalue weighted by molar-refractivity contribution is 7.88. The highest BCUT2D eigenvalue weighted by Crippen LogP contribution is 2.18. The van der Waals surface area contributed by atoms with E-state index < -0.39 is 15.6 Å². The Bertz CT molecular complexity index is 412. The maximum atomic E-state index is 10.9. The van der Waals surface area contributed by atoms with Crippen molar-refractivity contribution in [2.45, 2.75) is 12.5 Å². The Balaban J connectivity index is 2.76.